The third kappa shape index (κ3) is 1.81. The van der Waals surface area contributed by atoms with Gasteiger partial charge in [0.15, 0.2) is 0 Å². The first-order valence-corrected chi connectivity index (χ1v) is 4.51. The number of aromatic hydroxyl groups is 1. The third-order valence-electron chi connectivity index (χ3n) is 2.27. The smallest absolute Gasteiger partial charge is 0.407 e. The van der Waals surface area contributed by atoms with E-state index >= 15 is 0 Å². The average Bonchev–Trinajstić information content (AvgIpc) is 2.64. The first kappa shape index (κ1) is 9.64. The number of phenolic OH excluding ortho intramolecular Hbond substituents is 1. The van der Waals surface area contributed by atoms with Crippen LogP contribution in [0.15, 0.2) is 18.2 Å². The van der Waals surface area contributed by atoms with E-state index in [1.54, 1.807) is 12.1 Å². The number of methoxy groups -OCH3 is 1. The normalized spacial score (nSPS) is 19.5. The van der Waals surface area contributed by atoms with E-state index in [-0.39, 0.29) is 18.4 Å². The Morgan fingerprint density at radius 3 is 3.00 bits per heavy atom. The maximum atomic E-state index is 10.9. The summed E-state index contributed by atoms with van der Waals surface area (Å²) in [6, 6.07) is 4.53. The largest absolute Gasteiger partial charge is 0.508 e. The van der Waals surface area contributed by atoms with Crippen LogP contribution in [0.4, 0.5) is 4.79 Å². The number of carbonyl (C=O) groups is 1. The van der Waals surface area contributed by atoms with Crippen LogP contribution < -0.4 is 10.1 Å². The highest BCUT2D eigenvalue weighted by Crippen LogP contribution is 2.30. The Bertz CT molecular complexity index is 391. The van der Waals surface area contributed by atoms with Gasteiger partial charge in [0.2, 0.25) is 0 Å². The summed E-state index contributed by atoms with van der Waals surface area (Å²) in [6.45, 7) is 0.278. The molecule has 1 fully saturated rings. The van der Waals surface area contributed by atoms with Crippen LogP contribution in [-0.2, 0) is 4.74 Å². The molecule has 80 valence electrons. The molecule has 5 heteroatoms. The lowest BCUT2D eigenvalue weighted by atomic mass is 10.1. The van der Waals surface area contributed by atoms with Gasteiger partial charge >= 0.3 is 6.09 Å². The zero-order valence-electron chi connectivity index (χ0n) is 8.19. The summed E-state index contributed by atoms with van der Waals surface area (Å²) in [6.07, 6.45) is -0.435. The summed E-state index contributed by atoms with van der Waals surface area (Å²) >= 11 is 0. The summed E-state index contributed by atoms with van der Waals surface area (Å²) in [7, 11) is 1.51. The van der Waals surface area contributed by atoms with Crippen molar-refractivity contribution in [2.75, 3.05) is 13.7 Å². The van der Waals surface area contributed by atoms with Gasteiger partial charge in [-0.3, -0.25) is 0 Å². The minimum Gasteiger partial charge on any atom is -0.508 e. The molecule has 1 aliphatic heterocycles. The van der Waals surface area contributed by atoms with E-state index in [4.69, 9.17) is 9.47 Å². The Morgan fingerprint density at radius 1 is 1.60 bits per heavy atom. The molecule has 1 heterocycles. The molecule has 1 atom stereocenters. The molecule has 0 spiro atoms. The van der Waals surface area contributed by atoms with Crippen molar-refractivity contribution in [3.63, 3.8) is 0 Å². The highest BCUT2D eigenvalue weighted by Gasteiger charge is 2.26. The molecule has 2 rings (SSSR count). The van der Waals surface area contributed by atoms with Crippen LogP contribution in [0.2, 0.25) is 0 Å². The molecule has 1 saturated heterocycles. The van der Waals surface area contributed by atoms with Crippen molar-refractivity contribution in [3.8, 4) is 11.5 Å². The van der Waals surface area contributed by atoms with Gasteiger partial charge in [-0.25, -0.2) is 4.79 Å². The Hall–Kier alpha value is -1.91. The van der Waals surface area contributed by atoms with Gasteiger partial charge in [-0.1, -0.05) is 0 Å². The van der Waals surface area contributed by atoms with Crippen molar-refractivity contribution in [3.05, 3.63) is 23.8 Å². The number of carbonyl (C=O) groups excluding carboxylic acids is 1. The summed E-state index contributed by atoms with van der Waals surface area (Å²) in [4.78, 5) is 10.9. The average molecular weight is 209 g/mol. The number of alkyl carbamates (subject to hydrolysis) is 1. The van der Waals surface area contributed by atoms with Gasteiger partial charge in [-0.15, -0.1) is 0 Å². The zero-order valence-corrected chi connectivity index (χ0v) is 8.19. The number of phenols is 1. The number of benzene rings is 1. The Labute approximate surface area is 86.6 Å². The topological polar surface area (TPSA) is 67.8 Å². The lowest BCUT2D eigenvalue weighted by Crippen LogP contribution is -2.18. The fourth-order valence-corrected chi connectivity index (χ4v) is 1.54. The van der Waals surface area contributed by atoms with Crippen LogP contribution in [0.25, 0.3) is 0 Å². The van der Waals surface area contributed by atoms with Crippen molar-refractivity contribution in [1.82, 2.24) is 5.32 Å². The van der Waals surface area contributed by atoms with Crippen molar-refractivity contribution in [1.29, 1.82) is 0 Å². The standard InChI is InChI=1S/C10H11NO4/c1-14-9-4-6(12)2-3-7(9)8-5-15-10(13)11-8/h2-4,8,12H,5H2,1H3,(H,11,13)/t8-/m1/s1. The van der Waals surface area contributed by atoms with E-state index in [0.717, 1.165) is 5.56 Å². The number of nitrogens with one attached hydrogen (secondary N) is 1. The lowest BCUT2D eigenvalue weighted by Gasteiger charge is -2.12. The van der Waals surface area contributed by atoms with E-state index in [1.807, 2.05) is 0 Å². The van der Waals surface area contributed by atoms with Gasteiger partial charge in [0.05, 0.1) is 13.2 Å². The minimum atomic E-state index is -0.435. The van der Waals surface area contributed by atoms with Gasteiger partial charge in [-0.2, -0.15) is 0 Å². The van der Waals surface area contributed by atoms with Crippen molar-refractivity contribution in [2.24, 2.45) is 0 Å². The van der Waals surface area contributed by atoms with Gasteiger partial charge in [0.25, 0.3) is 0 Å². The molecule has 0 bridgehead atoms. The number of ether oxygens (including phenoxy) is 2. The van der Waals surface area contributed by atoms with Crippen molar-refractivity contribution in [2.45, 2.75) is 6.04 Å². The second kappa shape index (κ2) is 3.68. The quantitative estimate of drug-likeness (QED) is 0.767. The second-order valence-corrected chi connectivity index (χ2v) is 3.22. The van der Waals surface area contributed by atoms with Crippen LogP contribution in [0.1, 0.15) is 11.6 Å². The van der Waals surface area contributed by atoms with Crippen molar-refractivity contribution < 1.29 is 19.4 Å². The number of hydrogen-bond acceptors (Lipinski definition) is 4. The van der Waals surface area contributed by atoms with E-state index in [2.05, 4.69) is 5.32 Å². The molecule has 1 amide bonds. The molecule has 15 heavy (non-hydrogen) atoms. The monoisotopic (exact) mass is 209 g/mol. The first-order valence-electron chi connectivity index (χ1n) is 4.51. The Morgan fingerprint density at radius 2 is 2.40 bits per heavy atom. The van der Waals surface area contributed by atoms with Crippen LogP contribution in [0.3, 0.4) is 0 Å². The lowest BCUT2D eigenvalue weighted by molar-refractivity contribution is 0.177. The molecule has 0 saturated carbocycles. The van der Waals surface area contributed by atoms with Gasteiger partial charge in [0.1, 0.15) is 18.1 Å². The highest BCUT2D eigenvalue weighted by atomic mass is 16.6. The maximum Gasteiger partial charge on any atom is 0.407 e. The first-order chi connectivity index (χ1) is 7.20. The molecule has 1 aromatic carbocycles. The second-order valence-electron chi connectivity index (χ2n) is 3.22. The van der Waals surface area contributed by atoms with Crippen LogP contribution >= 0.6 is 0 Å². The van der Waals surface area contributed by atoms with Crippen LogP contribution in [0.5, 0.6) is 11.5 Å². The van der Waals surface area contributed by atoms with E-state index < -0.39 is 6.09 Å². The Balaban J connectivity index is 2.31. The fraction of sp³-hybridized carbons (Fsp3) is 0.300. The van der Waals surface area contributed by atoms with Crippen LogP contribution in [-0.4, -0.2) is 24.9 Å². The SMILES string of the molecule is COc1cc(O)ccc1[C@H]1COC(=O)N1. The molecule has 5 nitrogen and oxygen atoms in total. The molecule has 1 aromatic rings. The molecular formula is C10H11NO4. The highest BCUT2D eigenvalue weighted by molar-refractivity contribution is 5.70. The predicted octanol–water partition coefficient (Wildman–Crippen LogP) is 1.18. The Kier molecular flexibility index (Phi) is 2.37. The number of amides is 1. The molecule has 0 aliphatic carbocycles. The number of rotatable bonds is 2. The molecule has 2 N–H and O–H groups in total. The number of hydrogen-bond donors (Lipinski definition) is 2. The number of cyclic esters (lactones) is 1. The van der Waals surface area contributed by atoms with Crippen molar-refractivity contribution >= 4 is 6.09 Å². The molecule has 0 aromatic heterocycles. The van der Waals surface area contributed by atoms with Crippen LogP contribution in [0, 0.1) is 0 Å². The third-order valence-corrected chi connectivity index (χ3v) is 2.27. The van der Waals surface area contributed by atoms with E-state index in [0.29, 0.717) is 5.75 Å². The van der Waals surface area contributed by atoms with Gasteiger partial charge < -0.3 is 19.9 Å². The minimum absolute atomic E-state index is 0.126. The fourth-order valence-electron chi connectivity index (χ4n) is 1.54. The molecule has 0 radical (unpaired) electrons. The summed E-state index contributed by atoms with van der Waals surface area (Å²) in [5, 5.41) is 11.9. The molecular weight excluding hydrogens is 198 g/mol. The molecule has 0 unspecified atom stereocenters. The summed E-state index contributed by atoms with van der Waals surface area (Å²) in [5.74, 6) is 0.659. The van der Waals surface area contributed by atoms with E-state index in [9.17, 15) is 9.90 Å². The van der Waals surface area contributed by atoms with Gasteiger partial charge in [-0.05, 0) is 12.1 Å². The van der Waals surface area contributed by atoms with Gasteiger partial charge in [0, 0.05) is 11.6 Å². The maximum absolute atomic E-state index is 10.9. The summed E-state index contributed by atoms with van der Waals surface area (Å²) in [5.41, 5.74) is 0.793. The predicted molar refractivity (Wildman–Crippen MR) is 51.9 cm³/mol. The van der Waals surface area contributed by atoms with E-state index in [1.165, 1.54) is 13.2 Å². The zero-order chi connectivity index (χ0) is 10.8. The molecule has 1 aliphatic rings. The summed E-state index contributed by atoms with van der Waals surface area (Å²) < 4.78 is 9.89.